The van der Waals surface area contributed by atoms with Gasteiger partial charge in [0.05, 0.1) is 0 Å². The van der Waals surface area contributed by atoms with Gasteiger partial charge in [-0.3, -0.25) is 4.90 Å². The van der Waals surface area contributed by atoms with Crippen LogP contribution in [0.3, 0.4) is 0 Å². The summed E-state index contributed by atoms with van der Waals surface area (Å²) < 4.78 is 0. The smallest absolute Gasteiger partial charge is 0.0460 e. The van der Waals surface area contributed by atoms with Crippen LogP contribution >= 0.6 is 0 Å². The van der Waals surface area contributed by atoms with Crippen molar-refractivity contribution >= 4 is 0 Å². The minimum Gasteiger partial charge on any atom is -0.396 e. The molecule has 1 aromatic carbocycles. The molecule has 0 saturated carbocycles. The first-order valence-corrected chi connectivity index (χ1v) is 6.43. The van der Waals surface area contributed by atoms with Crippen LogP contribution in [0.15, 0.2) is 24.3 Å². The average Bonchev–Trinajstić information content (AvgIpc) is 2.40. The zero-order valence-electron chi connectivity index (χ0n) is 10.3. The van der Waals surface area contributed by atoms with Gasteiger partial charge >= 0.3 is 0 Å². The van der Waals surface area contributed by atoms with E-state index in [-0.39, 0.29) is 0 Å². The van der Waals surface area contributed by atoms with Gasteiger partial charge in [-0.05, 0) is 43.0 Å². The third-order valence-electron chi connectivity index (χ3n) is 3.60. The normalized spacial score (nSPS) is 18.5. The molecule has 0 atom stereocenters. The molecule has 0 aliphatic carbocycles. The fraction of sp³-hybridized carbons (Fsp3) is 0.571. The first-order valence-electron chi connectivity index (χ1n) is 6.43. The van der Waals surface area contributed by atoms with Crippen LogP contribution in [0.25, 0.3) is 0 Å². The first-order chi connectivity index (χ1) is 8.31. The van der Waals surface area contributed by atoms with E-state index in [1.807, 2.05) is 0 Å². The van der Waals surface area contributed by atoms with E-state index in [2.05, 4.69) is 29.2 Å². The van der Waals surface area contributed by atoms with Crippen LogP contribution in [0.1, 0.15) is 24.0 Å². The van der Waals surface area contributed by atoms with Gasteiger partial charge in [0.25, 0.3) is 0 Å². The SMILES string of the molecule is NCc1cccc(CN2CCC(CO)CC2)c1. The van der Waals surface area contributed by atoms with Crippen molar-refractivity contribution in [3.63, 3.8) is 0 Å². The number of aliphatic hydroxyl groups excluding tert-OH is 1. The standard InChI is InChI=1S/C14H22N2O/c15-9-13-2-1-3-14(8-13)10-16-6-4-12(11-17)5-7-16/h1-3,8,12,17H,4-7,9-11,15H2. The highest BCUT2D eigenvalue weighted by atomic mass is 16.3. The summed E-state index contributed by atoms with van der Waals surface area (Å²) in [4.78, 5) is 2.46. The highest BCUT2D eigenvalue weighted by molar-refractivity contribution is 5.23. The Morgan fingerprint density at radius 1 is 1.24 bits per heavy atom. The lowest BCUT2D eigenvalue weighted by molar-refractivity contribution is 0.127. The Balaban J connectivity index is 1.88. The average molecular weight is 234 g/mol. The van der Waals surface area contributed by atoms with E-state index >= 15 is 0 Å². The molecular formula is C14H22N2O. The molecule has 17 heavy (non-hydrogen) atoms. The Bertz CT molecular complexity index is 346. The predicted molar refractivity (Wildman–Crippen MR) is 69.4 cm³/mol. The van der Waals surface area contributed by atoms with Crippen molar-refractivity contribution < 1.29 is 5.11 Å². The van der Waals surface area contributed by atoms with E-state index in [0.717, 1.165) is 32.5 Å². The first kappa shape index (κ1) is 12.6. The summed E-state index contributed by atoms with van der Waals surface area (Å²) in [5.74, 6) is 0.515. The molecule has 1 aliphatic heterocycles. The second kappa shape index (κ2) is 6.15. The molecule has 1 fully saturated rings. The number of nitrogens with two attached hydrogens (primary N) is 1. The molecule has 0 amide bonds. The van der Waals surface area contributed by atoms with E-state index in [1.54, 1.807) is 0 Å². The lowest BCUT2D eigenvalue weighted by atomic mass is 9.97. The van der Waals surface area contributed by atoms with Crippen LogP contribution in [-0.2, 0) is 13.1 Å². The van der Waals surface area contributed by atoms with E-state index in [0.29, 0.717) is 19.1 Å². The summed E-state index contributed by atoms with van der Waals surface area (Å²) >= 11 is 0. The minimum absolute atomic E-state index is 0.344. The summed E-state index contributed by atoms with van der Waals surface area (Å²) in [6.45, 7) is 4.15. The molecule has 1 aliphatic rings. The molecule has 2 rings (SSSR count). The second-order valence-electron chi connectivity index (χ2n) is 4.93. The molecule has 0 unspecified atom stereocenters. The van der Waals surface area contributed by atoms with E-state index in [4.69, 9.17) is 10.8 Å². The van der Waals surface area contributed by atoms with E-state index in [9.17, 15) is 0 Å². The second-order valence-corrected chi connectivity index (χ2v) is 4.93. The molecule has 1 aromatic rings. The van der Waals surface area contributed by atoms with Crippen LogP contribution in [0.5, 0.6) is 0 Å². The van der Waals surface area contributed by atoms with Gasteiger partial charge in [0.1, 0.15) is 0 Å². The van der Waals surface area contributed by atoms with Crippen LogP contribution in [0, 0.1) is 5.92 Å². The number of benzene rings is 1. The van der Waals surface area contributed by atoms with Crippen LogP contribution in [-0.4, -0.2) is 29.7 Å². The molecule has 3 N–H and O–H groups in total. The molecule has 1 heterocycles. The highest BCUT2D eigenvalue weighted by Crippen LogP contribution is 2.18. The monoisotopic (exact) mass is 234 g/mol. The summed E-state index contributed by atoms with van der Waals surface area (Å²) in [5.41, 5.74) is 8.19. The van der Waals surface area contributed by atoms with Crippen molar-refractivity contribution in [2.24, 2.45) is 11.7 Å². The Labute approximate surface area is 103 Å². The molecule has 94 valence electrons. The largest absolute Gasteiger partial charge is 0.396 e. The number of aliphatic hydroxyl groups is 1. The van der Waals surface area contributed by atoms with Crippen molar-refractivity contribution in [3.8, 4) is 0 Å². The zero-order valence-corrected chi connectivity index (χ0v) is 10.3. The Hall–Kier alpha value is -0.900. The molecular weight excluding hydrogens is 212 g/mol. The van der Waals surface area contributed by atoms with Gasteiger partial charge < -0.3 is 10.8 Å². The summed E-state index contributed by atoms with van der Waals surface area (Å²) in [6.07, 6.45) is 2.24. The quantitative estimate of drug-likeness (QED) is 0.827. The van der Waals surface area contributed by atoms with E-state index in [1.165, 1.54) is 11.1 Å². The highest BCUT2D eigenvalue weighted by Gasteiger charge is 2.18. The van der Waals surface area contributed by atoms with Gasteiger partial charge in [-0.15, -0.1) is 0 Å². The molecule has 3 nitrogen and oxygen atoms in total. The number of hydrogen-bond donors (Lipinski definition) is 2. The Kier molecular flexibility index (Phi) is 4.54. The lowest BCUT2D eigenvalue weighted by Gasteiger charge is -2.31. The number of hydrogen-bond acceptors (Lipinski definition) is 3. The number of nitrogens with zero attached hydrogens (tertiary/aromatic N) is 1. The van der Waals surface area contributed by atoms with Crippen molar-refractivity contribution in [2.45, 2.75) is 25.9 Å². The van der Waals surface area contributed by atoms with Gasteiger partial charge in [-0.2, -0.15) is 0 Å². The lowest BCUT2D eigenvalue weighted by Crippen LogP contribution is -2.34. The molecule has 0 aromatic heterocycles. The fourth-order valence-corrected chi connectivity index (χ4v) is 2.44. The third-order valence-corrected chi connectivity index (χ3v) is 3.60. The van der Waals surface area contributed by atoms with Crippen molar-refractivity contribution in [1.29, 1.82) is 0 Å². The molecule has 1 saturated heterocycles. The van der Waals surface area contributed by atoms with Gasteiger partial charge in [-0.25, -0.2) is 0 Å². The van der Waals surface area contributed by atoms with Crippen molar-refractivity contribution in [1.82, 2.24) is 4.90 Å². The fourth-order valence-electron chi connectivity index (χ4n) is 2.44. The number of likely N-dealkylation sites (tertiary alicyclic amines) is 1. The Morgan fingerprint density at radius 3 is 2.59 bits per heavy atom. The maximum Gasteiger partial charge on any atom is 0.0460 e. The third kappa shape index (κ3) is 3.53. The number of rotatable bonds is 4. The maximum absolute atomic E-state index is 9.10. The topological polar surface area (TPSA) is 49.5 Å². The maximum atomic E-state index is 9.10. The van der Waals surface area contributed by atoms with Gasteiger partial charge in [0.2, 0.25) is 0 Å². The van der Waals surface area contributed by atoms with Gasteiger partial charge in [-0.1, -0.05) is 24.3 Å². The van der Waals surface area contributed by atoms with Gasteiger partial charge in [0, 0.05) is 19.7 Å². The van der Waals surface area contributed by atoms with Crippen LogP contribution in [0.2, 0.25) is 0 Å². The summed E-state index contributed by atoms with van der Waals surface area (Å²) in [6, 6.07) is 8.51. The van der Waals surface area contributed by atoms with Crippen LogP contribution in [0.4, 0.5) is 0 Å². The molecule has 0 bridgehead atoms. The molecule has 3 heteroatoms. The summed E-state index contributed by atoms with van der Waals surface area (Å²) in [7, 11) is 0. The van der Waals surface area contributed by atoms with Crippen molar-refractivity contribution in [2.75, 3.05) is 19.7 Å². The van der Waals surface area contributed by atoms with Crippen LogP contribution < -0.4 is 5.73 Å². The van der Waals surface area contributed by atoms with Gasteiger partial charge in [0.15, 0.2) is 0 Å². The Morgan fingerprint density at radius 2 is 1.94 bits per heavy atom. The summed E-state index contributed by atoms with van der Waals surface area (Å²) in [5, 5.41) is 9.10. The predicted octanol–water partition coefficient (Wildman–Crippen LogP) is 1.35. The molecule has 0 spiro atoms. The minimum atomic E-state index is 0.344. The zero-order chi connectivity index (χ0) is 12.1. The van der Waals surface area contributed by atoms with E-state index < -0.39 is 0 Å². The number of piperidine rings is 1. The molecule has 0 radical (unpaired) electrons. The van der Waals surface area contributed by atoms with Crippen molar-refractivity contribution in [3.05, 3.63) is 35.4 Å².